The number of amides is 1. The Labute approximate surface area is 173 Å². The van der Waals surface area contributed by atoms with E-state index in [0.29, 0.717) is 11.1 Å². The SMILES string of the molecule is COc1cccc2cc(C(=O)OCC(=O)Nc3ccc(Cl)c([N+](=O)[O-])c3)c(=O)oc12. The predicted octanol–water partition coefficient (Wildman–Crippen LogP) is 3.16. The number of para-hydroxylation sites is 1. The second kappa shape index (κ2) is 8.62. The van der Waals surface area contributed by atoms with Crippen molar-refractivity contribution < 1.29 is 28.4 Å². The molecule has 0 aliphatic rings. The Hall–Kier alpha value is -3.92. The van der Waals surface area contributed by atoms with Gasteiger partial charge in [0.15, 0.2) is 17.9 Å². The molecule has 1 N–H and O–H groups in total. The van der Waals surface area contributed by atoms with E-state index in [1.165, 1.54) is 25.3 Å². The van der Waals surface area contributed by atoms with Crippen LogP contribution in [0.25, 0.3) is 11.0 Å². The quantitative estimate of drug-likeness (QED) is 0.271. The van der Waals surface area contributed by atoms with Gasteiger partial charge in [0.25, 0.3) is 11.6 Å². The summed E-state index contributed by atoms with van der Waals surface area (Å²) in [5.41, 5.74) is -1.49. The minimum Gasteiger partial charge on any atom is -0.493 e. The summed E-state index contributed by atoms with van der Waals surface area (Å²) < 4.78 is 15.1. The molecule has 10 nitrogen and oxygen atoms in total. The molecule has 0 unspecified atom stereocenters. The van der Waals surface area contributed by atoms with Gasteiger partial charge in [-0.2, -0.15) is 0 Å². The first-order valence-electron chi connectivity index (χ1n) is 8.32. The molecule has 154 valence electrons. The number of ether oxygens (including phenoxy) is 2. The van der Waals surface area contributed by atoms with E-state index in [1.54, 1.807) is 18.2 Å². The monoisotopic (exact) mass is 432 g/mol. The summed E-state index contributed by atoms with van der Waals surface area (Å²) in [6.07, 6.45) is 0. The Morgan fingerprint density at radius 1 is 1.23 bits per heavy atom. The fourth-order valence-corrected chi connectivity index (χ4v) is 2.74. The van der Waals surface area contributed by atoms with Crippen molar-refractivity contribution in [2.45, 2.75) is 0 Å². The Morgan fingerprint density at radius 3 is 2.70 bits per heavy atom. The summed E-state index contributed by atoms with van der Waals surface area (Å²) >= 11 is 5.70. The summed E-state index contributed by atoms with van der Waals surface area (Å²) in [5.74, 6) is -1.52. The zero-order valence-corrected chi connectivity index (χ0v) is 16.1. The molecule has 2 aromatic carbocycles. The third-order valence-corrected chi connectivity index (χ3v) is 4.24. The van der Waals surface area contributed by atoms with Crippen molar-refractivity contribution in [3.05, 3.63) is 73.6 Å². The highest BCUT2D eigenvalue weighted by atomic mass is 35.5. The fraction of sp³-hybridized carbons (Fsp3) is 0.105. The number of hydrogen-bond acceptors (Lipinski definition) is 8. The molecule has 1 aromatic heterocycles. The van der Waals surface area contributed by atoms with Gasteiger partial charge < -0.3 is 19.2 Å². The summed E-state index contributed by atoms with van der Waals surface area (Å²) in [5, 5.41) is 13.6. The van der Waals surface area contributed by atoms with Gasteiger partial charge in [-0.3, -0.25) is 14.9 Å². The number of fused-ring (bicyclic) bond motifs is 1. The second-order valence-corrected chi connectivity index (χ2v) is 6.28. The minimum absolute atomic E-state index is 0.0875. The average molecular weight is 433 g/mol. The van der Waals surface area contributed by atoms with Crippen molar-refractivity contribution >= 4 is 45.8 Å². The zero-order chi connectivity index (χ0) is 21.8. The van der Waals surface area contributed by atoms with E-state index in [9.17, 15) is 24.5 Å². The number of esters is 1. The number of carbonyl (C=O) groups is 2. The number of carbonyl (C=O) groups excluding carboxylic acids is 2. The number of nitrogens with one attached hydrogen (secondary N) is 1. The van der Waals surface area contributed by atoms with Crippen LogP contribution in [0.1, 0.15) is 10.4 Å². The highest BCUT2D eigenvalue weighted by Gasteiger charge is 2.19. The molecule has 0 saturated heterocycles. The van der Waals surface area contributed by atoms with Crippen molar-refractivity contribution in [3.63, 3.8) is 0 Å². The first-order chi connectivity index (χ1) is 14.3. The standard InChI is InChI=1S/C19H13ClN2O8/c1-28-15-4-2-3-10-7-12(19(25)30-17(10)15)18(24)29-9-16(23)21-11-5-6-13(20)14(8-11)22(26)27/h2-8H,9H2,1H3,(H,21,23). The van der Waals surface area contributed by atoms with Gasteiger partial charge >= 0.3 is 11.6 Å². The van der Waals surface area contributed by atoms with Gasteiger partial charge in [-0.15, -0.1) is 0 Å². The molecule has 1 amide bonds. The molecule has 3 rings (SSSR count). The van der Waals surface area contributed by atoms with E-state index in [4.69, 9.17) is 25.5 Å². The van der Waals surface area contributed by atoms with Crippen molar-refractivity contribution in [1.29, 1.82) is 0 Å². The molecule has 0 saturated carbocycles. The molecule has 0 atom stereocenters. The number of nitro benzene ring substituents is 1. The van der Waals surface area contributed by atoms with Crippen LogP contribution in [0.15, 0.2) is 51.7 Å². The maximum Gasteiger partial charge on any atom is 0.351 e. The molecular formula is C19H13ClN2O8. The normalized spacial score (nSPS) is 10.5. The molecule has 1 heterocycles. The van der Waals surface area contributed by atoms with Gasteiger partial charge in [-0.1, -0.05) is 23.7 Å². The summed E-state index contributed by atoms with van der Waals surface area (Å²) in [4.78, 5) is 46.5. The van der Waals surface area contributed by atoms with Crippen molar-refractivity contribution in [3.8, 4) is 5.75 Å². The van der Waals surface area contributed by atoms with Gasteiger partial charge in [0.05, 0.1) is 12.0 Å². The number of rotatable bonds is 6. The predicted molar refractivity (Wildman–Crippen MR) is 106 cm³/mol. The Morgan fingerprint density at radius 2 is 2.00 bits per heavy atom. The van der Waals surface area contributed by atoms with Crippen LogP contribution in [-0.2, 0) is 9.53 Å². The third-order valence-electron chi connectivity index (χ3n) is 3.92. The van der Waals surface area contributed by atoms with Crippen LogP contribution in [-0.4, -0.2) is 30.5 Å². The summed E-state index contributed by atoms with van der Waals surface area (Å²) in [7, 11) is 1.41. The molecular weight excluding hydrogens is 420 g/mol. The molecule has 0 aliphatic carbocycles. The third kappa shape index (κ3) is 4.39. The highest BCUT2D eigenvalue weighted by molar-refractivity contribution is 6.32. The average Bonchev–Trinajstić information content (AvgIpc) is 2.72. The van der Waals surface area contributed by atoms with Crippen molar-refractivity contribution in [2.24, 2.45) is 0 Å². The summed E-state index contributed by atoms with van der Waals surface area (Å²) in [6, 6.07) is 9.78. The van der Waals surface area contributed by atoms with Gasteiger partial charge in [0.2, 0.25) is 0 Å². The van der Waals surface area contributed by atoms with Crippen LogP contribution in [0.3, 0.4) is 0 Å². The first-order valence-corrected chi connectivity index (χ1v) is 8.69. The van der Waals surface area contributed by atoms with Crippen LogP contribution >= 0.6 is 11.6 Å². The molecule has 11 heteroatoms. The molecule has 3 aromatic rings. The molecule has 0 bridgehead atoms. The molecule has 0 radical (unpaired) electrons. The topological polar surface area (TPSA) is 138 Å². The Kier molecular flexibility index (Phi) is 5.98. The lowest BCUT2D eigenvalue weighted by atomic mass is 10.2. The highest BCUT2D eigenvalue weighted by Crippen LogP contribution is 2.27. The van der Waals surface area contributed by atoms with Gasteiger partial charge in [0, 0.05) is 17.1 Å². The molecule has 30 heavy (non-hydrogen) atoms. The Bertz CT molecular complexity index is 1220. The summed E-state index contributed by atoms with van der Waals surface area (Å²) in [6.45, 7) is -0.731. The zero-order valence-electron chi connectivity index (χ0n) is 15.3. The number of methoxy groups -OCH3 is 1. The minimum atomic E-state index is -1.06. The van der Waals surface area contributed by atoms with E-state index in [1.807, 2.05) is 0 Å². The lowest BCUT2D eigenvalue weighted by Crippen LogP contribution is -2.23. The van der Waals surface area contributed by atoms with Crippen LogP contribution in [0.4, 0.5) is 11.4 Å². The lowest BCUT2D eigenvalue weighted by Gasteiger charge is -2.08. The molecule has 0 fully saturated rings. The largest absolute Gasteiger partial charge is 0.493 e. The van der Waals surface area contributed by atoms with Crippen LogP contribution in [0.2, 0.25) is 5.02 Å². The van der Waals surface area contributed by atoms with E-state index in [0.717, 1.165) is 6.07 Å². The number of nitro groups is 1. The van der Waals surface area contributed by atoms with Crippen molar-refractivity contribution in [2.75, 3.05) is 19.0 Å². The fourth-order valence-electron chi connectivity index (χ4n) is 2.56. The van der Waals surface area contributed by atoms with E-state index < -0.39 is 40.3 Å². The number of nitrogens with zero attached hydrogens (tertiary/aromatic N) is 1. The smallest absolute Gasteiger partial charge is 0.351 e. The van der Waals surface area contributed by atoms with Crippen molar-refractivity contribution in [1.82, 2.24) is 0 Å². The van der Waals surface area contributed by atoms with Crippen LogP contribution < -0.4 is 15.7 Å². The second-order valence-electron chi connectivity index (χ2n) is 5.87. The van der Waals surface area contributed by atoms with Gasteiger partial charge in [-0.25, -0.2) is 9.59 Å². The molecule has 0 spiro atoms. The maximum absolute atomic E-state index is 12.2. The maximum atomic E-state index is 12.2. The van der Waals surface area contributed by atoms with E-state index >= 15 is 0 Å². The number of hydrogen-bond donors (Lipinski definition) is 1. The Balaban J connectivity index is 1.70. The number of anilines is 1. The van der Waals surface area contributed by atoms with Crippen LogP contribution in [0, 0.1) is 10.1 Å². The molecule has 0 aliphatic heterocycles. The van der Waals surface area contributed by atoms with Gasteiger partial charge in [-0.05, 0) is 24.3 Å². The van der Waals surface area contributed by atoms with Gasteiger partial charge in [0.1, 0.15) is 10.6 Å². The number of halogens is 1. The van der Waals surface area contributed by atoms with E-state index in [2.05, 4.69) is 5.32 Å². The van der Waals surface area contributed by atoms with E-state index in [-0.39, 0.29) is 16.3 Å². The lowest BCUT2D eigenvalue weighted by molar-refractivity contribution is -0.384. The first kappa shape index (κ1) is 20.8. The van der Waals surface area contributed by atoms with Crippen LogP contribution in [0.5, 0.6) is 5.75 Å². The number of benzene rings is 2.